The van der Waals surface area contributed by atoms with E-state index in [0.717, 1.165) is 33.9 Å². The lowest BCUT2D eigenvalue weighted by atomic mass is 10.1. The molecule has 5 heteroatoms. The van der Waals surface area contributed by atoms with Crippen LogP contribution in [0.5, 0.6) is 0 Å². The summed E-state index contributed by atoms with van der Waals surface area (Å²) >= 11 is 1.45. The van der Waals surface area contributed by atoms with E-state index < -0.39 is 0 Å². The normalized spacial score (nSPS) is 10.8. The Bertz CT molecular complexity index is 901. The lowest BCUT2D eigenvalue weighted by Crippen LogP contribution is -2.15. The first-order valence-corrected chi connectivity index (χ1v) is 9.28. The first kappa shape index (κ1) is 17.3. The molecule has 3 aromatic rings. The van der Waals surface area contributed by atoms with Crippen molar-refractivity contribution in [2.45, 2.75) is 25.0 Å². The SMILES string of the molecule is C=CCn1c(SCC(=O)Nc2ccccc2CC)nc2ccccc21. The van der Waals surface area contributed by atoms with Crippen molar-refractivity contribution in [3.8, 4) is 0 Å². The number of carbonyl (C=O) groups excluding carboxylic acids is 1. The van der Waals surface area contributed by atoms with Crippen molar-refractivity contribution in [2.24, 2.45) is 0 Å². The highest BCUT2D eigenvalue weighted by molar-refractivity contribution is 7.99. The van der Waals surface area contributed by atoms with Crippen molar-refractivity contribution in [1.29, 1.82) is 0 Å². The summed E-state index contributed by atoms with van der Waals surface area (Å²) in [6.45, 7) is 6.57. The zero-order valence-electron chi connectivity index (χ0n) is 14.2. The Labute approximate surface area is 152 Å². The van der Waals surface area contributed by atoms with Crippen LogP contribution in [0.3, 0.4) is 0 Å². The molecule has 0 saturated carbocycles. The van der Waals surface area contributed by atoms with Gasteiger partial charge in [0.15, 0.2) is 5.16 Å². The number of para-hydroxylation sites is 3. The maximum absolute atomic E-state index is 12.3. The molecule has 2 aromatic carbocycles. The summed E-state index contributed by atoms with van der Waals surface area (Å²) < 4.78 is 2.08. The molecular formula is C20H21N3OS. The highest BCUT2D eigenvalue weighted by Crippen LogP contribution is 2.24. The van der Waals surface area contributed by atoms with Crippen LogP contribution in [0.25, 0.3) is 11.0 Å². The maximum atomic E-state index is 12.3. The fourth-order valence-electron chi connectivity index (χ4n) is 2.74. The molecule has 0 fully saturated rings. The smallest absolute Gasteiger partial charge is 0.234 e. The number of imidazole rings is 1. The average Bonchev–Trinajstić information content (AvgIpc) is 2.99. The number of amides is 1. The van der Waals surface area contributed by atoms with E-state index in [1.54, 1.807) is 0 Å². The molecule has 1 heterocycles. The predicted octanol–water partition coefficient (Wildman–Crippen LogP) is 4.52. The van der Waals surface area contributed by atoms with Crippen LogP contribution in [0.15, 0.2) is 66.3 Å². The molecule has 3 rings (SSSR count). The number of carbonyl (C=O) groups is 1. The van der Waals surface area contributed by atoms with Gasteiger partial charge in [0.2, 0.25) is 5.91 Å². The lowest BCUT2D eigenvalue weighted by molar-refractivity contribution is -0.113. The van der Waals surface area contributed by atoms with Gasteiger partial charge in [-0.3, -0.25) is 4.79 Å². The largest absolute Gasteiger partial charge is 0.325 e. The number of nitrogens with zero attached hydrogens (tertiary/aromatic N) is 2. The Balaban J connectivity index is 1.73. The number of rotatable bonds is 7. The number of thioether (sulfide) groups is 1. The molecule has 0 spiro atoms. The zero-order valence-corrected chi connectivity index (χ0v) is 15.1. The zero-order chi connectivity index (χ0) is 17.6. The monoisotopic (exact) mass is 351 g/mol. The number of anilines is 1. The quantitative estimate of drug-likeness (QED) is 0.503. The van der Waals surface area contributed by atoms with Crippen LogP contribution in [0.2, 0.25) is 0 Å². The number of fused-ring (bicyclic) bond motifs is 1. The number of aryl methyl sites for hydroxylation is 1. The molecule has 128 valence electrons. The van der Waals surface area contributed by atoms with Gasteiger partial charge < -0.3 is 9.88 Å². The van der Waals surface area contributed by atoms with E-state index >= 15 is 0 Å². The Hall–Kier alpha value is -2.53. The molecule has 0 atom stereocenters. The van der Waals surface area contributed by atoms with Gasteiger partial charge >= 0.3 is 0 Å². The van der Waals surface area contributed by atoms with E-state index in [4.69, 9.17) is 0 Å². The third-order valence-electron chi connectivity index (χ3n) is 3.94. The number of hydrogen-bond acceptors (Lipinski definition) is 3. The first-order chi connectivity index (χ1) is 12.2. The van der Waals surface area contributed by atoms with E-state index in [0.29, 0.717) is 12.3 Å². The molecule has 0 saturated heterocycles. The molecule has 0 aliphatic carbocycles. The van der Waals surface area contributed by atoms with Crippen molar-refractivity contribution < 1.29 is 4.79 Å². The molecular weight excluding hydrogens is 330 g/mol. The van der Waals surface area contributed by atoms with Crippen molar-refractivity contribution in [3.63, 3.8) is 0 Å². The summed E-state index contributed by atoms with van der Waals surface area (Å²) in [7, 11) is 0. The molecule has 0 aliphatic heterocycles. The summed E-state index contributed by atoms with van der Waals surface area (Å²) in [5.41, 5.74) is 4.01. The lowest BCUT2D eigenvalue weighted by Gasteiger charge is -2.10. The molecule has 0 bridgehead atoms. The van der Waals surface area contributed by atoms with Gasteiger partial charge in [0.05, 0.1) is 16.8 Å². The molecule has 25 heavy (non-hydrogen) atoms. The van der Waals surface area contributed by atoms with Gasteiger partial charge in [0, 0.05) is 12.2 Å². The van der Waals surface area contributed by atoms with Crippen LogP contribution < -0.4 is 5.32 Å². The minimum Gasteiger partial charge on any atom is -0.325 e. The van der Waals surface area contributed by atoms with Crippen molar-refractivity contribution >= 4 is 34.4 Å². The summed E-state index contributed by atoms with van der Waals surface area (Å²) in [6.07, 6.45) is 2.73. The Morgan fingerprint density at radius 2 is 2.00 bits per heavy atom. The topological polar surface area (TPSA) is 46.9 Å². The van der Waals surface area contributed by atoms with E-state index in [2.05, 4.69) is 28.4 Å². The Morgan fingerprint density at radius 1 is 1.24 bits per heavy atom. The van der Waals surface area contributed by atoms with Gasteiger partial charge in [-0.05, 0) is 30.2 Å². The number of nitrogens with one attached hydrogen (secondary N) is 1. The molecule has 0 aliphatic rings. The summed E-state index contributed by atoms with van der Waals surface area (Å²) in [6, 6.07) is 15.9. The molecule has 0 unspecified atom stereocenters. The van der Waals surface area contributed by atoms with Crippen LogP contribution in [0.1, 0.15) is 12.5 Å². The summed E-state index contributed by atoms with van der Waals surface area (Å²) in [4.78, 5) is 17.0. The number of aromatic nitrogens is 2. The molecule has 0 radical (unpaired) electrons. The second kappa shape index (κ2) is 8.03. The van der Waals surface area contributed by atoms with Crippen LogP contribution in [0, 0.1) is 0 Å². The Morgan fingerprint density at radius 3 is 2.80 bits per heavy atom. The number of hydrogen-bond donors (Lipinski definition) is 1. The summed E-state index contributed by atoms with van der Waals surface area (Å²) in [5, 5.41) is 3.83. The third-order valence-corrected chi connectivity index (χ3v) is 4.91. The van der Waals surface area contributed by atoms with Crippen molar-refractivity contribution in [2.75, 3.05) is 11.1 Å². The van der Waals surface area contributed by atoms with Crippen LogP contribution in [-0.4, -0.2) is 21.2 Å². The summed E-state index contributed by atoms with van der Waals surface area (Å²) in [5.74, 6) is 0.293. The van der Waals surface area contributed by atoms with E-state index in [1.807, 2.05) is 54.6 Å². The van der Waals surface area contributed by atoms with Gasteiger partial charge in [0.25, 0.3) is 0 Å². The van der Waals surface area contributed by atoms with E-state index in [1.165, 1.54) is 11.8 Å². The van der Waals surface area contributed by atoms with E-state index in [-0.39, 0.29) is 5.91 Å². The standard InChI is InChI=1S/C20H21N3OS/c1-3-13-23-18-12-8-7-11-17(18)22-20(23)25-14-19(24)21-16-10-6-5-9-15(16)4-2/h3,5-12H,1,4,13-14H2,2H3,(H,21,24). The minimum atomic E-state index is -0.0249. The highest BCUT2D eigenvalue weighted by atomic mass is 32.2. The molecule has 1 amide bonds. The van der Waals surface area contributed by atoms with E-state index in [9.17, 15) is 4.79 Å². The van der Waals surface area contributed by atoms with Crippen molar-refractivity contribution in [3.05, 3.63) is 66.7 Å². The fourth-order valence-corrected chi connectivity index (χ4v) is 3.56. The molecule has 1 aromatic heterocycles. The van der Waals surface area contributed by atoms with Crippen molar-refractivity contribution in [1.82, 2.24) is 9.55 Å². The highest BCUT2D eigenvalue weighted by Gasteiger charge is 2.12. The number of allylic oxidation sites excluding steroid dienone is 1. The van der Waals surface area contributed by atoms with Crippen LogP contribution >= 0.6 is 11.8 Å². The minimum absolute atomic E-state index is 0.0249. The van der Waals surface area contributed by atoms with Gasteiger partial charge in [-0.15, -0.1) is 6.58 Å². The first-order valence-electron chi connectivity index (χ1n) is 8.29. The van der Waals surface area contributed by atoms with Gasteiger partial charge in [0.1, 0.15) is 0 Å². The third kappa shape index (κ3) is 3.94. The Kier molecular flexibility index (Phi) is 5.56. The van der Waals surface area contributed by atoms with Gasteiger partial charge in [-0.2, -0.15) is 0 Å². The average molecular weight is 351 g/mol. The number of benzene rings is 2. The second-order valence-electron chi connectivity index (χ2n) is 5.63. The predicted molar refractivity (Wildman–Crippen MR) is 105 cm³/mol. The second-order valence-corrected chi connectivity index (χ2v) is 6.57. The maximum Gasteiger partial charge on any atom is 0.234 e. The van der Waals surface area contributed by atoms with Crippen LogP contribution in [0.4, 0.5) is 5.69 Å². The fraction of sp³-hybridized carbons (Fsp3) is 0.200. The van der Waals surface area contributed by atoms with Gasteiger partial charge in [-0.1, -0.05) is 55.1 Å². The molecule has 1 N–H and O–H groups in total. The molecule has 4 nitrogen and oxygen atoms in total. The van der Waals surface area contributed by atoms with Crippen LogP contribution in [-0.2, 0) is 17.8 Å². The van der Waals surface area contributed by atoms with Gasteiger partial charge in [-0.25, -0.2) is 4.98 Å².